The maximum absolute atomic E-state index is 12.9. The third-order valence-corrected chi connectivity index (χ3v) is 7.27. The van der Waals surface area contributed by atoms with Crippen molar-refractivity contribution in [2.45, 2.75) is 25.3 Å². The Labute approximate surface area is 173 Å². The molecule has 1 atom stereocenters. The molecular weight excluding hydrogens is 394 g/mol. The monoisotopic (exact) mass is 419 g/mol. The topological polar surface area (TPSA) is 62.7 Å². The van der Waals surface area contributed by atoms with Gasteiger partial charge in [0.1, 0.15) is 5.01 Å². The SMILES string of the molecule is O=C(CSCC(=O)N1CCCCC1c1nc2ccccc2s1)N1CCOCC1. The quantitative estimate of drug-likeness (QED) is 0.746. The van der Waals surface area contributed by atoms with Crippen molar-refractivity contribution >= 4 is 45.1 Å². The summed E-state index contributed by atoms with van der Waals surface area (Å²) < 4.78 is 6.45. The van der Waals surface area contributed by atoms with Gasteiger partial charge in [-0.3, -0.25) is 9.59 Å². The maximum atomic E-state index is 12.9. The first kappa shape index (κ1) is 19.7. The summed E-state index contributed by atoms with van der Waals surface area (Å²) in [5.41, 5.74) is 1.01. The Hall–Kier alpha value is -1.64. The van der Waals surface area contributed by atoms with Crippen LogP contribution >= 0.6 is 23.1 Å². The molecule has 0 aliphatic carbocycles. The molecule has 3 heterocycles. The lowest BCUT2D eigenvalue weighted by Crippen LogP contribution is -2.42. The number of fused-ring (bicyclic) bond motifs is 1. The summed E-state index contributed by atoms with van der Waals surface area (Å²) in [6, 6.07) is 8.19. The van der Waals surface area contributed by atoms with Crippen molar-refractivity contribution in [1.82, 2.24) is 14.8 Å². The number of nitrogens with zero attached hydrogens (tertiary/aromatic N) is 3. The van der Waals surface area contributed by atoms with Crippen LogP contribution in [0.4, 0.5) is 0 Å². The number of carbonyl (C=O) groups excluding carboxylic acids is 2. The third kappa shape index (κ3) is 4.50. The van der Waals surface area contributed by atoms with Gasteiger partial charge < -0.3 is 14.5 Å². The number of benzene rings is 1. The second kappa shape index (κ2) is 9.24. The molecule has 28 heavy (non-hydrogen) atoms. The highest BCUT2D eigenvalue weighted by molar-refractivity contribution is 8.00. The fraction of sp³-hybridized carbons (Fsp3) is 0.550. The van der Waals surface area contributed by atoms with Crippen LogP contribution in [0.15, 0.2) is 24.3 Å². The third-order valence-electron chi connectivity index (χ3n) is 5.23. The number of ether oxygens (including phenoxy) is 1. The summed E-state index contributed by atoms with van der Waals surface area (Å²) in [7, 11) is 0. The molecule has 2 aromatic rings. The van der Waals surface area contributed by atoms with Crippen LogP contribution in [-0.2, 0) is 14.3 Å². The van der Waals surface area contributed by atoms with Crippen molar-refractivity contribution in [2.24, 2.45) is 0 Å². The van der Waals surface area contributed by atoms with Gasteiger partial charge in [-0.05, 0) is 31.4 Å². The summed E-state index contributed by atoms with van der Waals surface area (Å²) in [6.45, 7) is 3.29. The predicted molar refractivity (Wildman–Crippen MR) is 113 cm³/mol. The van der Waals surface area contributed by atoms with E-state index in [1.54, 1.807) is 11.3 Å². The molecule has 0 spiro atoms. The molecule has 2 fully saturated rings. The molecule has 0 radical (unpaired) electrons. The fourth-order valence-electron chi connectivity index (χ4n) is 3.73. The smallest absolute Gasteiger partial charge is 0.233 e. The molecule has 1 aromatic carbocycles. The van der Waals surface area contributed by atoms with Gasteiger partial charge in [-0.2, -0.15) is 0 Å². The van der Waals surface area contributed by atoms with E-state index in [2.05, 4.69) is 6.07 Å². The minimum atomic E-state index is 0.0641. The zero-order valence-electron chi connectivity index (χ0n) is 15.8. The predicted octanol–water partition coefficient (Wildman–Crippen LogP) is 2.94. The van der Waals surface area contributed by atoms with E-state index in [1.165, 1.54) is 16.5 Å². The minimum absolute atomic E-state index is 0.0641. The normalized spacial score (nSPS) is 20.5. The number of carbonyl (C=O) groups is 2. The van der Waals surface area contributed by atoms with Gasteiger partial charge in [0.2, 0.25) is 11.8 Å². The van der Waals surface area contributed by atoms with Crippen molar-refractivity contribution in [3.8, 4) is 0 Å². The molecule has 0 N–H and O–H groups in total. The van der Waals surface area contributed by atoms with Crippen LogP contribution in [0.3, 0.4) is 0 Å². The van der Waals surface area contributed by atoms with Gasteiger partial charge in [0.05, 0.1) is 41.0 Å². The summed E-state index contributed by atoms with van der Waals surface area (Å²) in [4.78, 5) is 33.7. The molecular formula is C20H25N3O3S2. The Morgan fingerprint density at radius 2 is 1.89 bits per heavy atom. The van der Waals surface area contributed by atoms with Crippen molar-refractivity contribution in [3.63, 3.8) is 0 Å². The number of thioether (sulfide) groups is 1. The van der Waals surface area contributed by atoms with Crippen LogP contribution in [0, 0.1) is 0 Å². The molecule has 6 nitrogen and oxygen atoms in total. The Bertz CT molecular complexity index is 802. The Morgan fingerprint density at radius 1 is 1.11 bits per heavy atom. The number of hydrogen-bond donors (Lipinski definition) is 0. The summed E-state index contributed by atoms with van der Waals surface area (Å²) in [6.07, 6.45) is 3.11. The van der Waals surface area contributed by atoms with Gasteiger partial charge in [0.25, 0.3) is 0 Å². The Balaban J connectivity index is 1.35. The van der Waals surface area contributed by atoms with Crippen LogP contribution < -0.4 is 0 Å². The molecule has 8 heteroatoms. The van der Waals surface area contributed by atoms with Gasteiger partial charge >= 0.3 is 0 Å². The Kier molecular flexibility index (Phi) is 6.49. The van der Waals surface area contributed by atoms with E-state index in [9.17, 15) is 9.59 Å². The van der Waals surface area contributed by atoms with E-state index in [0.717, 1.165) is 36.3 Å². The van der Waals surface area contributed by atoms with Gasteiger partial charge in [-0.15, -0.1) is 23.1 Å². The van der Waals surface area contributed by atoms with E-state index in [0.29, 0.717) is 37.8 Å². The average Bonchev–Trinajstić information content (AvgIpc) is 3.18. The molecule has 0 saturated carbocycles. The maximum Gasteiger partial charge on any atom is 0.233 e. The van der Waals surface area contributed by atoms with Gasteiger partial charge in [0, 0.05) is 19.6 Å². The summed E-state index contributed by atoms with van der Waals surface area (Å²) in [5.74, 6) is 0.911. The van der Waals surface area contributed by atoms with Crippen molar-refractivity contribution < 1.29 is 14.3 Å². The van der Waals surface area contributed by atoms with E-state index in [4.69, 9.17) is 9.72 Å². The van der Waals surface area contributed by atoms with E-state index >= 15 is 0 Å². The highest BCUT2D eigenvalue weighted by Crippen LogP contribution is 2.35. The number of rotatable bonds is 5. The van der Waals surface area contributed by atoms with Gasteiger partial charge in [-0.1, -0.05) is 12.1 Å². The number of thiazole rings is 1. The first-order valence-corrected chi connectivity index (χ1v) is 11.8. The van der Waals surface area contributed by atoms with Crippen LogP contribution in [-0.4, -0.2) is 71.0 Å². The highest BCUT2D eigenvalue weighted by Gasteiger charge is 2.30. The average molecular weight is 420 g/mol. The largest absolute Gasteiger partial charge is 0.378 e. The first-order valence-electron chi connectivity index (χ1n) is 9.80. The lowest BCUT2D eigenvalue weighted by Gasteiger charge is -2.34. The number of aromatic nitrogens is 1. The van der Waals surface area contributed by atoms with E-state index in [1.807, 2.05) is 28.0 Å². The van der Waals surface area contributed by atoms with Crippen LogP contribution in [0.2, 0.25) is 0 Å². The van der Waals surface area contributed by atoms with E-state index in [-0.39, 0.29) is 17.9 Å². The zero-order chi connectivity index (χ0) is 19.3. The van der Waals surface area contributed by atoms with Crippen LogP contribution in [0.1, 0.15) is 30.3 Å². The molecule has 150 valence electrons. The lowest BCUT2D eigenvalue weighted by molar-refractivity contribution is -0.132. The summed E-state index contributed by atoms with van der Waals surface area (Å²) >= 11 is 3.11. The molecule has 2 aliphatic heterocycles. The van der Waals surface area contributed by atoms with Crippen molar-refractivity contribution in [3.05, 3.63) is 29.3 Å². The number of amides is 2. The standard InChI is InChI=1S/C20H25N3O3S2/c24-18(22-9-11-26-12-10-22)13-27-14-19(25)23-8-4-3-6-16(23)20-21-15-5-1-2-7-17(15)28-20/h1-2,5,7,16H,3-4,6,8-14H2. The second-order valence-corrected chi connectivity index (χ2v) is 9.15. The molecule has 1 aromatic heterocycles. The van der Waals surface area contributed by atoms with Gasteiger partial charge in [0.15, 0.2) is 0 Å². The zero-order valence-corrected chi connectivity index (χ0v) is 17.5. The number of likely N-dealkylation sites (tertiary alicyclic amines) is 1. The minimum Gasteiger partial charge on any atom is -0.378 e. The lowest BCUT2D eigenvalue weighted by atomic mass is 10.0. The van der Waals surface area contributed by atoms with Crippen LogP contribution in [0.25, 0.3) is 10.2 Å². The molecule has 2 amide bonds. The Morgan fingerprint density at radius 3 is 2.71 bits per heavy atom. The number of piperidine rings is 1. The number of para-hydroxylation sites is 1. The number of hydrogen-bond acceptors (Lipinski definition) is 6. The van der Waals surface area contributed by atoms with Crippen molar-refractivity contribution in [2.75, 3.05) is 44.4 Å². The molecule has 2 saturated heterocycles. The highest BCUT2D eigenvalue weighted by atomic mass is 32.2. The van der Waals surface area contributed by atoms with Gasteiger partial charge in [-0.25, -0.2) is 4.98 Å². The number of morpholine rings is 1. The molecule has 4 rings (SSSR count). The van der Waals surface area contributed by atoms with Crippen molar-refractivity contribution in [1.29, 1.82) is 0 Å². The fourth-order valence-corrected chi connectivity index (χ4v) is 5.65. The first-order chi connectivity index (χ1) is 13.7. The van der Waals surface area contributed by atoms with Crippen LogP contribution in [0.5, 0.6) is 0 Å². The molecule has 0 bridgehead atoms. The molecule has 1 unspecified atom stereocenters. The molecule has 2 aliphatic rings. The summed E-state index contributed by atoms with van der Waals surface area (Å²) in [5, 5.41) is 1.03. The second-order valence-electron chi connectivity index (χ2n) is 7.10. The van der Waals surface area contributed by atoms with E-state index < -0.39 is 0 Å².